The first-order valence-electron chi connectivity index (χ1n) is 8.07. The number of esters is 1. The molecule has 130 valence electrons. The molecule has 0 fully saturated rings. The van der Waals surface area contributed by atoms with E-state index in [0.717, 1.165) is 25.2 Å². The molecule has 0 amide bonds. The van der Waals surface area contributed by atoms with Gasteiger partial charge in [0.05, 0.1) is 18.2 Å². The van der Waals surface area contributed by atoms with E-state index in [4.69, 9.17) is 4.74 Å². The van der Waals surface area contributed by atoms with Crippen LogP contribution in [-0.4, -0.2) is 48.0 Å². The van der Waals surface area contributed by atoms with Crippen molar-refractivity contribution in [1.82, 2.24) is 20.4 Å². The molecule has 0 aliphatic rings. The predicted octanol–water partition coefficient (Wildman–Crippen LogP) is 1.40. The molecule has 0 aliphatic heterocycles. The number of nitrogens with one attached hydrogen (secondary N) is 2. The largest absolute Gasteiger partial charge is 0.463 e. The van der Waals surface area contributed by atoms with Crippen molar-refractivity contribution in [2.45, 2.75) is 53.2 Å². The number of carbonyl (C=O) groups is 1. The highest BCUT2D eigenvalue weighted by atomic mass is 16.5. The summed E-state index contributed by atoms with van der Waals surface area (Å²) < 4.78 is 7.09. The van der Waals surface area contributed by atoms with Gasteiger partial charge in [-0.25, -0.2) is 0 Å². The maximum absolute atomic E-state index is 11.4. The van der Waals surface area contributed by atoms with Crippen molar-refractivity contribution in [2.24, 2.45) is 4.99 Å². The average molecular weight is 323 g/mol. The molecular weight excluding hydrogens is 294 g/mol. The van der Waals surface area contributed by atoms with Crippen LogP contribution in [-0.2, 0) is 16.1 Å². The first-order chi connectivity index (χ1) is 10.9. The summed E-state index contributed by atoms with van der Waals surface area (Å²) in [5.41, 5.74) is 2.22. The van der Waals surface area contributed by atoms with E-state index >= 15 is 0 Å². The van der Waals surface area contributed by atoms with E-state index in [1.165, 1.54) is 5.69 Å². The van der Waals surface area contributed by atoms with Gasteiger partial charge in [0.2, 0.25) is 0 Å². The minimum absolute atomic E-state index is 0.0747. The van der Waals surface area contributed by atoms with Crippen LogP contribution in [0.15, 0.2) is 11.1 Å². The van der Waals surface area contributed by atoms with Crippen molar-refractivity contribution in [3.8, 4) is 0 Å². The Bertz CT molecular complexity index is 523. The van der Waals surface area contributed by atoms with Crippen LogP contribution in [0, 0.1) is 13.8 Å². The van der Waals surface area contributed by atoms with Gasteiger partial charge >= 0.3 is 5.97 Å². The number of aryl methyl sites for hydroxylation is 3. The third-order valence-corrected chi connectivity index (χ3v) is 3.15. The van der Waals surface area contributed by atoms with Gasteiger partial charge in [0.1, 0.15) is 0 Å². The maximum atomic E-state index is 11.4. The Hall–Kier alpha value is -2.05. The Labute approximate surface area is 138 Å². The molecule has 1 heterocycles. The minimum atomic E-state index is -0.201. The van der Waals surface area contributed by atoms with Crippen LogP contribution in [0.5, 0.6) is 0 Å². The Morgan fingerprint density at radius 2 is 2.04 bits per heavy atom. The summed E-state index contributed by atoms with van der Waals surface area (Å²) in [4.78, 5) is 15.6. The normalized spacial score (nSPS) is 11.7. The fourth-order valence-electron chi connectivity index (χ4n) is 2.16. The lowest BCUT2D eigenvalue weighted by molar-refractivity contribution is -0.147. The van der Waals surface area contributed by atoms with Crippen molar-refractivity contribution >= 4 is 11.9 Å². The van der Waals surface area contributed by atoms with Crippen molar-refractivity contribution in [1.29, 1.82) is 0 Å². The second-order valence-electron chi connectivity index (χ2n) is 5.72. The van der Waals surface area contributed by atoms with E-state index in [1.54, 1.807) is 7.05 Å². The van der Waals surface area contributed by atoms with Crippen molar-refractivity contribution in [2.75, 3.05) is 20.1 Å². The van der Waals surface area contributed by atoms with E-state index in [9.17, 15) is 4.79 Å². The van der Waals surface area contributed by atoms with Gasteiger partial charge < -0.3 is 15.4 Å². The zero-order valence-electron chi connectivity index (χ0n) is 14.8. The zero-order valence-corrected chi connectivity index (χ0v) is 14.8. The second-order valence-corrected chi connectivity index (χ2v) is 5.72. The molecular formula is C16H29N5O2. The van der Waals surface area contributed by atoms with Crippen molar-refractivity contribution < 1.29 is 9.53 Å². The minimum Gasteiger partial charge on any atom is -0.463 e. The number of nitrogens with zero attached hydrogens (tertiary/aromatic N) is 3. The summed E-state index contributed by atoms with van der Waals surface area (Å²) in [7, 11) is 1.71. The van der Waals surface area contributed by atoms with Gasteiger partial charge in [0.25, 0.3) is 0 Å². The van der Waals surface area contributed by atoms with Crippen LogP contribution in [0.4, 0.5) is 0 Å². The number of hydrogen-bond acceptors (Lipinski definition) is 4. The van der Waals surface area contributed by atoms with Crippen molar-refractivity contribution in [3.05, 3.63) is 17.5 Å². The molecule has 0 radical (unpaired) electrons. The number of hydrogen-bond donors (Lipinski definition) is 2. The lowest BCUT2D eigenvalue weighted by Gasteiger charge is -2.12. The van der Waals surface area contributed by atoms with Crippen LogP contribution >= 0.6 is 0 Å². The highest BCUT2D eigenvalue weighted by Crippen LogP contribution is 2.02. The summed E-state index contributed by atoms with van der Waals surface area (Å²) in [5.74, 6) is 0.489. The summed E-state index contributed by atoms with van der Waals surface area (Å²) in [6, 6.07) is 2.07. The van der Waals surface area contributed by atoms with Crippen LogP contribution in [0.1, 0.15) is 38.1 Å². The number of rotatable bonds is 8. The van der Waals surface area contributed by atoms with Crippen LogP contribution in [0.25, 0.3) is 0 Å². The quantitative estimate of drug-likeness (QED) is 0.327. The van der Waals surface area contributed by atoms with Gasteiger partial charge in [0, 0.05) is 32.4 Å². The monoisotopic (exact) mass is 323 g/mol. The Kier molecular flexibility index (Phi) is 8.15. The molecule has 0 bridgehead atoms. The summed E-state index contributed by atoms with van der Waals surface area (Å²) >= 11 is 0. The Morgan fingerprint density at radius 3 is 2.61 bits per heavy atom. The molecule has 2 N–H and O–H groups in total. The van der Waals surface area contributed by atoms with Gasteiger partial charge in [-0.15, -0.1) is 0 Å². The standard InChI is InChI=1S/C16H29N5O2/c1-12(2)23-15(22)7-9-19-16(17-5)18-8-6-10-21-14(4)11-13(3)20-21/h11-12H,6-10H2,1-5H3,(H2,17,18,19). The fraction of sp³-hybridized carbons (Fsp3) is 0.688. The summed E-state index contributed by atoms with van der Waals surface area (Å²) in [6.07, 6.45) is 1.19. The molecule has 23 heavy (non-hydrogen) atoms. The molecule has 0 atom stereocenters. The first-order valence-corrected chi connectivity index (χ1v) is 8.07. The first kappa shape index (κ1) is 19.0. The smallest absolute Gasteiger partial charge is 0.307 e. The molecule has 7 heteroatoms. The van der Waals surface area contributed by atoms with Crippen LogP contribution < -0.4 is 10.6 Å². The highest BCUT2D eigenvalue weighted by Gasteiger charge is 2.06. The van der Waals surface area contributed by atoms with Crippen LogP contribution in [0.3, 0.4) is 0 Å². The van der Waals surface area contributed by atoms with Crippen molar-refractivity contribution in [3.63, 3.8) is 0 Å². The molecule has 0 aromatic carbocycles. The number of carbonyl (C=O) groups excluding carboxylic acids is 1. The Balaban J connectivity index is 2.19. The molecule has 0 saturated carbocycles. The van der Waals surface area contributed by atoms with Gasteiger partial charge in [-0.05, 0) is 40.2 Å². The third kappa shape index (κ3) is 7.67. The van der Waals surface area contributed by atoms with Gasteiger partial charge in [-0.3, -0.25) is 14.5 Å². The molecule has 0 spiro atoms. The predicted molar refractivity (Wildman–Crippen MR) is 91.5 cm³/mol. The van der Waals surface area contributed by atoms with Crippen LogP contribution in [0.2, 0.25) is 0 Å². The Morgan fingerprint density at radius 1 is 1.35 bits per heavy atom. The van der Waals surface area contributed by atoms with Gasteiger partial charge in [-0.2, -0.15) is 5.10 Å². The molecule has 1 aromatic rings. The molecule has 0 aliphatic carbocycles. The third-order valence-electron chi connectivity index (χ3n) is 3.15. The second kappa shape index (κ2) is 9.86. The molecule has 7 nitrogen and oxygen atoms in total. The lowest BCUT2D eigenvalue weighted by Crippen LogP contribution is -2.39. The summed E-state index contributed by atoms with van der Waals surface area (Å²) in [5, 5.41) is 10.8. The number of aliphatic imine (C=N–C) groups is 1. The molecule has 0 saturated heterocycles. The zero-order chi connectivity index (χ0) is 17.2. The average Bonchev–Trinajstić information content (AvgIpc) is 2.78. The van der Waals surface area contributed by atoms with E-state index in [-0.39, 0.29) is 12.1 Å². The molecule has 1 rings (SSSR count). The van der Waals surface area contributed by atoms with Gasteiger partial charge in [-0.1, -0.05) is 0 Å². The number of aromatic nitrogens is 2. The lowest BCUT2D eigenvalue weighted by atomic mass is 10.4. The number of guanidine groups is 1. The van der Waals surface area contributed by atoms with E-state index in [2.05, 4.69) is 33.7 Å². The molecule has 1 aromatic heterocycles. The maximum Gasteiger partial charge on any atom is 0.307 e. The van der Waals surface area contributed by atoms with Gasteiger partial charge in [0.15, 0.2) is 5.96 Å². The fourth-order valence-corrected chi connectivity index (χ4v) is 2.16. The van der Waals surface area contributed by atoms with E-state index in [1.807, 2.05) is 25.5 Å². The highest BCUT2D eigenvalue weighted by molar-refractivity contribution is 5.80. The molecule has 0 unspecified atom stereocenters. The topological polar surface area (TPSA) is 80.5 Å². The number of ether oxygens (including phenoxy) is 1. The summed E-state index contributed by atoms with van der Waals surface area (Å²) in [6.45, 7) is 9.90. The van der Waals surface area contributed by atoms with E-state index < -0.39 is 0 Å². The SMILES string of the molecule is CN=C(NCCCn1nc(C)cc1C)NCCC(=O)OC(C)C. The van der Waals surface area contributed by atoms with E-state index in [0.29, 0.717) is 18.9 Å².